The topological polar surface area (TPSA) is 46.5 Å². The molecule has 1 rings (SSSR count). The van der Waals surface area contributed by atoms with Crippen LogP contribution in [0.1, 0.15) is 127 Å². The van der Waals surface area contributed by atoms with E-state index in [1.807, 2.05) is 13.0 Å². The minimum atomic E-state index is -1.76. The fourth-order valence-corrected chi connectivity index (χ4v) is 7.11. The van der Waals surface area contributed by atoms with E-state index < -0.39 is 14.4 Å². The van der Waals surface area contributed by atoms with Crippen LogP contribution >= 0.6 is 0 Å². The SMILES string of the molecule is CC(C)=CCC/C(C)=C/[C@H](O)C/C(C)=C/CC[C@]1(C)[C@H](C)CC/C(=C(\C)C=O)[C@H]1CCCO[Si](C)(C)C(C)(C)C. The molecule has 0 radical (unpaired) electrons. The number of carbonyl (C=O) groups is 1. The van der Waals surface area contributed by atoms with Crippen molar-refractivity contribution in [2.45, 2.75) is 151 Å². The summed E-state index contributed by atoms with van der Waals surface area (Å²) in [5.74, 6) is 1.02. The van der Waals surface area contributed by atoms with Crippen molar-refractivity contribution < 1.29 is 14.3 Å². The van der Waals surface area contributed by atoms with Crippen molar-refractivity contribution in [1.82, 2.24) is 0 Å². The van der Waals surface area contributed by atoms with Gasteiger partial charge in [0.15, 0.2) is 8.32 Å². The van der Waals surface area contributed by atoms with Gasteiger partial charge in [0.05, 0.1) is 6.10 Å². The van der Waals surface area contributed by atoms with E-state index >= 15 is 0 Å². The van der Waals surface area contributed by atoms with Crippen LogP contribution in [0.5, 0.6) is 0 Å². The van der Waals surface area contributed by atoms with Crippen LogP contribution < -0.4 is 0 Å². The molecule has 1 aliphatic carbocycles. The van der Waals surface area contributed by atoms with Crippen LogP contribution in [0.4, 0.5) is 0 Å². The summed E-state index contributed by atoms with van der Waals surface area (Å²) in [6, 6.07) is 0. The fourth-order valence-electron chi connectivity index (χ4n) is 6.02. The van der Waals surface area contributed by atoms with Crippen molar-refractivity contribution in [3.05, 3.63) is 46.1 Å². The van der Waals surface area contributed by atoms with Gasteiger partial charge in [-0.3, -0.25) is 4.79 Å². The molecular formula is C36H64O3Si. The molecule has 1 aliphatic rings. The van der Waals surface area contributed by atoms with Gasteiger partial charge >= 0.3 is 0 Å². The summed E-state index contributed by atoms with van der Waals surface area (Å²) in [5, 5.41) is 10.9. The second kappa shape index (κ2) is 16.4. The van der Waals surface area contributed by atoms with Crippen LogP contribution in [0.25, 0.3) is 0 Å². The Bertz CT molecular complexity index is 926. The third-order valence-corrected chi connectivity index (χ3v) is 14.6. The van der Waals surface area contributed by atoms with Crippen molar-refractivity contribution in [1.29, 1.82) is 0 Å². The number of aliphatic hydroxyl groups is 1. The van der Waals surface area contributed by atoms with Crippen molar-refractivity contribution >= 4 is 14.6 Å². The molecule has 1 fully saturated rings. The molecule has 0 bridgehead atoms. The molecule has 4 heteroatoms. The Kier molecular flexibility index (Phi) is 15.1. The highest BCUT2D eigenvalue weighted by molar-refractivity contribution is 6.74. The summed E-state index contributed by atoms with van der Waals surface area (Å²) >= 11 is 0. The lowest BCUT2D eigenvalue weighted by molar-refractivity contribution is -0.105. The van der Waals surface area contributed by atoms with E-state index in [0.29, 0.717) is 18.3 Å². The Hall–Kier alpha value is -1.23. The maximum absolute atomic E-state index is 11.9. The quantitative estimate of drug-likeness (QED) is 0.0698. The number of hydrogen-bond acceptors (Lipinski definition) is 3. The Morgan fingerprint density at radius 3 is 2.33 bits per heavy atom. The van der Waals surface area contributed by atoms with Gasteiger partial charge in [0, 0.05) is 6.61 Å². The molecule has 4 atom stereocenters. The van der Waals surface area contributed by atoms with E-state index in [4.69, 9.17) is 4.43 Å². The van der Waals surface area contributed by atoms with Gasteiger partial charge in [-0.2, -0.15) is 0 Å². The summed E-state index contributed by atoms with van der Waals surface area (Å²) in [7, 11) is -1.76. The molecule has 3 nitrogen and oxygen atoms in total. The van der Waals surface area contributed by atoms with Gasteiger partial charge in [-0.1, -0.05) is 75.1 Å². The van der Waals surface area contributed by atoms with Gasteiger partial charge in [0.25, 0.3) is 0 Å². The van der Waals surface area contributed by atoms with Crippen LogP contribution in [0.2, 0.25) is 18.1 Å². The van der Waals surface area contributed by atoms with E-state index in [-0.39, 0.29) is 10.5 Å². The maximum atomic E-state index is 11.9. The number of carbonyl (C=O) groups excluding carboxylic acids is 1. The number of aldehydes is 1. The molecule has 0 unspecified atom stereocenters. The van der Waals surface area contributed by atoms with Crippen molar-refractivity contribution in [3.8, 4) is 0 Å². The molecule has 0 aliphatic heterocycles. The van der Waals surface area contributed by atoms with Crippen molar-refractivity contribution in [2.24, 2.45) is 17.3 Å². The predicted molar refractivity (Wildman–Crippen MR) is 177 cm³/mol. The first kappa shape index (κ1) is 36.8. The highest BCUT2D eigenvalue weighted by Gasteiger charge is 2.44. The van der Waals surface area contributed by atoms with Crippen LogP contribution in [0.3, 0.4) is 0 Å². The molecule has 230 valence electrons. The van der Waals surface area contributed by atoms with E-state index in [9.17, 15) is 9.90 Å². The lowest BCUT2D eigenvalue weighted by atomic mass is 9.56. The molecule has 0 saturated heterocycles. The van der Waals surface area contributed by atoms with Crippen LogP contribution in [-0.4, -0.2) is 32.4 Å². The zero-order chi connectivity index (χ0) is 30.7. The molecule has 0 aromatic rings. The van der Waals surface area contributed by atoms with Gasteiger partial charge in [0.1, 0.15) is 6.29 Å². The fraction of sp³-hybridized carbons (Fsp3) is 0.750. The zero-order valence-electron chi connectivity index (χ0n) is 28.4. The largest absolute Gasteiger partial charge is 0.417 e. The molecular weight excluding hydrogens is 508 g/mol. The average Bonchev–Trinajstić information content (AvgIpc) is 2.82. The molecule has 0 aromatic heterocycles. The second-order valence-corrected chi connectivity index (χ2v) is 19.6. The molecule has 0 spiro atoms. The zero-order valence-corrected chi connectivity index (χ0v) is 29.4. The summed E-state index contributed by atoms with van der Waals surface area (Å²) in [6.07, 6.45) is 16.4. The summed E-state index contributed by atoms with van der Waals surface area (Å²) in [4.78, 5) is 11.9. The number of hydrogen-bond donors (Lipinski definition) is 1. The number of allylic oxidation sites excluding steroid dienone is 6. The first-order chi connectivity index (χ1) is 18.4. The Labute approximate surface area is 249 Å². The Morgan fingerprint density at radius 2 is 1.75 bits per heavy atom. The van der Waals surface area contributed by atoms with Gasteiger partial charge in [0.2, 0.25) is 0 Å². The van der Waals surface area contributed by atoms with E-state index in [2.05, 4.69) is 87.6 Å². The monoisotopic (exact) mass is 572 g/mol. The lowest BCUT2D eigenvalue weighted by Crippen LogP contribution is -2.42. The first-order valence-corrected chi connectivity index (χ1v) is 18.8. The van der Waals surface area contributed by atoms with E-state index in [1.165, 1.54) is 22.3 Å². The predicted octanol–water partition coefficient (Wildman–Crippen LogP) is 10.5. The highest BCUT2D eigenvalue weighted by Crippen LogP contribution is 2.53. The van der Waals surface area contributed by atoms with Gasteiger partial charge in [-0.15, -0.1) is 0 Å². The molecule has 40 heavy (non-hydrogen) atoms. The first-order valence-electron chi connectivity index (χ1n) is 15.9. The van der Waals surface area contributed by atoms with Crippen LogP contribution in [-0.2, 0) is 9.22 Å². The molecule has 0 aromatic carbocycles. The molecule has 1 N–H and O–H groups in total. The molecule has 0 heterocycles. The Balaban J connectivity index is 2.92. The summed E-state index contributed by atoms with van der Waals surface area (Å²) in [5.41, 5.74) is 6.33. The van der Waals surface area contributed by atoms with Crippen molar-refractivity contribution in [2.75, 3.05) is 6.61 Å². The summed E-state index contributed by atoms with van der Waals surface area (Å²) in [6.45, 7) is 27.8. The average molecular weight is 573 g/mol. The second-order valence-electron chi connectivity index (χ2n) is 14.8. The van der Waals surface area contributed by atoms with Gasteiger partial charge in [-0.25, -0.2) is 0 Å². The third-order valence-electron chi connectivity index (χ3n) is 10.1. The highest BCUT2D eigenvalue weighted by atomic mass is 28.4. The third kappa shape index (κ3) is 11.6. The molecule has 1 saturated carbocycles. The number of rotatable bonds is 15. The maximum Gasteiger partial charge on any atom is 0.191 e. The van der Waals surface area contributed by atoms with Gasteiger partial charge < -0.3 is 9.53 Å². The normalized spacial score (nSPS) is 25.0. The number of aliphatic hydroxyl groups excluding tert-OH is 1. The molecule has 0 amide bonds. The minimum absolute atomic E-state index is 0.144. The van der Waals surface area contributed by atoms with E-state index in [0.717, 1.165) is 69.8 Å². The Morgan fingerprint density at radius 1 is 1.10 bits per heavy atom. The standard InChI is InChI=1S/C36H64O3Si/c1-27(2)16-13-17-28(3)24-32(38)25-29(4)18-14-22-36(10)31(6)20-21-33(30(5)26-37)34(36)19-15-23-39-40(11,12)35(7,8)9/h16,18,24,26,31-32,34,38H,13-15,17,19-23,25H2,1-12H3/b28-24+,29-18+,33-30-/t31-,32+,34-,36-/m1/s1. The van der Waals surface area contributed by atoms with Crippen LogP contribution in [0.15, 0.2) is 46.1 Å². The van der Waals surface area contributed by atoms with Gasteiger partial charge in [-0.05, 0) is 133 Å². The van der Waals surface area contributed by atoms with Crippen molar-refractivity contribution in [3.63, 3.8) is 0 Å². The smallest absolute Gasteiger partial charge is 0.191 e. The summed E-state index contributed by atoms with van der Waals surface area (Å²) < 4.78 is 6.52. The minimum Gasteiger partial charge on any atom is -0.417 e. The lowest BCUT2D eigenvalue weighted by Gasteiger charge is -2.49. The van der Waals surface area contributed by atoms with E-state index in [1.54, 1.807) is 0 Å². The van der Waals surface area contributed by atoms with Crippen LogP contribution in [0, 0.1) is 17.3 Å².